The maximum absolute atomic E-state index is 14.4. The molecule has 0 aliphatic heterocycles. The molecule has 0 fully saturated rings. The number of hydrogen-bond acceptors (Lipinski definition) is 6. The molecule has 2 rings (SSSR count). The zero-order valence-electron chi connectivity index (χ0n) is 46.5. The van der Waals surface area contributed by atoms with Crippen LogP contribution in [0, 0.1) is 57.2 Å². The highest BCUT2D eigenvalue weighted by Crippen LogP contribution is 2.36. The van der Waals surface area contributed by atoms with Crippen LogP contribution in [-0.2, 0) is 19.1 Å². The van der Waals surface area contributed by atoms with Gasteiger partial charge < -0.3 is 25.8 Å². The van der Waals surface area contributed by atoms with Crippen LogP contribution in [0.5, 0.6) is 5.75 Å². The Morgan fingerprint density at radius 1 is 0.544 bits per heavy atom. The molecule has 0 aliphatic rings. The fourth-order valence-corrected chi connectivity index (χ4v) is 10.7. The Balaban J connectivity index is 2.09. The summed E-state index contributed by atoms with van der Waals surface area (Å²) in [6.07, 6.45) is 10.8. The molecule has 0 heterocycles. The number of benzene rings is 2. The van der Waals surface area contributed by atoms with Crippen LogP contribution in [0.1, 0.15) is 211 Å². The number of ether oxygens (including phenoxy) is 2. The number of Topliss-reactive ketones (excluding diaryl/α,β-unsaturated/α-hetero) is 1. The predicted octanol–water partition coefficient (Wildman–Crippen LogP) is 14.3. The molecule has 68 heavy (non-hydrogen) atoms. The van der Waals surface area contributed by atoms with Crippen LogP contribution in [0.15, 0.2) is 54.6 Å². The lowest BCUT2D eigenvalue weighted by Gasteiger charge is -2.32. The molecular formula is C60H103N3O5. The van der Waals surface area contributed by atoms with Gasteiger partial charge in [0.2, 0.25) is 11.8 Å². The Kier molecular flexibility index (Phi) is 26.1. The monoisotopic (exact) mass is 946 g/mol. The van der Waals surface area contributed by atoms with Gasteiger partial charge in [0.05, 0.1) is 18.7 Å². The first kappa shape index (κ1) is 60.9. The zero-order valence-corrected chi connectivity index (χ0v) is 46.5. The molecule has 2 amide bonds. The number of amides is 2. The van der Waals surface area contributed by atoms with E-state index in [9.17, 15) is 14.4 Å². The highest BCUT2D eigenvalue weighted by molar-refractivity contribution is 5.89. The average molecular weight is 946 g/mol. The minimum absolute atomic E-state index is 0.00351. The maximum Gasteiger partial charge on any atom is 0.223 e. The SMILES string of the molecule is CC(CCC(C(=O)NCCCCC(NC(=O)C(CCC(C)CC(C)(C)C)C(C)CC(C)(C)C)C(=O)CCCOCCOc1ccc(C(N)c2ccccc2)cc1)C(C)CC(C)(C)C)CC(C)(C)C. The third-order valence-electron chi connectivity index (χ3n) is 13.3. The maximum atomic E-state index is 14.4. The molecular weight excluding hydrogens is 843 g/mol. The van der Waals surface area contributed by atoms with E-state index in [2.05, 4.69) is 121 Å². The summed E-state index contributed by atoms with van der Waals surface area (Å²) in [6, 6.07) is 17.1. The van der Waals surface area contributed by atoms with Crippen molar-refractivity contribution < 1.29 is 23.9 Å². The van der Waals surface area contributed by atoms with Gasteiger partial charge in [0.1, 0.15) is 12.4 Å². The summed E-state index contributed by atoms with van der Waals surface area (Å²) in [5.41, 5.74) is 9.25. The molecule has 0 aliphatic carbocycles. The van der Waals surface area contributed by atoms with Crippen LogP contribution in [0.2, 0.25) is 0 Å². The van der Waals surface area contributed by atoms with Gasteiger partial charge in [-0.15, -0.1) is 0 Å². The molecule has 8 unspecified atom stereocenters. The fraction of sp³-hybridized carbons (Fsp3) is 0.750. The summed E-state index contributed by atoms with van der Waals surface area (Å²) in [4.78, 5) is 42.3. The Bertz CT molecular complexity index is 1710. The molecule has 388 valence electrons. The second-order valence-corrected chi connectivity index (χ2v) is 25.9. The van der Waals surface area contributed by atoms with Crippen LogP contribution in [0.4, 0.5) is 0 Å². The molecule has 8 nitrogen and oxygen atoms in total. The molecule has 8 atom stereocenters. The molecule has 2 aromatic rings. The van der Waals surface area contributed by atoms with E-state index in [-0.39, 0.29) is 69.0 Å². The number of nitrogens with two attached hydrogens (primary N) is 1. The Hall–Kier alpha value is -3.23. The molecule has 8 heteroatoms. The van der Waals surface area contributed by atoms with Gasteiger partial charge in [-0.1, -0.05) is 153 Å². The summed E-state index contributed by atoms with van der Waals surface area (Å²) in [5.74, 6) is 2.23. The number of carbonyl (C=O) groups excluding carboxylic acids is 3. The van der Waals surface area contributed by atoms with E-state index in [4.69, 9.17) is 15.2 Å². The van der Waals surface area contributed by atoms with Crippen molar-refractivity contribution in [1.82, 2.24) is 10.6 Å². The third-order valence-corrected chi connectivity index (χ3v) is 13.3. The normalized spacial score (nSPS) is 16.2. The van der Waals surface area contributed by atoms with E-state index in [0.29, 0.717) is 57.5 Å². The summed E-state index contributed by atoms with van der Waals surface area (Å²) in [7, 11) is 0. The van der Waals surface area contributed by atoms with Gasteiger partial charge in [-0.25, -0.2) is 0 Å². The quantitative estimate of drug-likeness (QED) is 0.0648. The predicted molar refractivity (Wildman–Crippen MR) is 287 cm³/mol. The lowest BCUT2D eigenvalue weighted by Crippen LogP contribution is -2.45. The standard InChI is InChI=1S/C60H103N3O5/c1-43(39-57(5,6)7)27-33-50(45(3)41-59(11,12)13)55(65)62-35-21-20-25-52(63-56(66)51(46(4)42-60(14,15)16)34-28-44(2)40-58(8,9)10)53(64)26-22-36-67-37-38-68-49-31-29-48(30-32-49)54(61)47-23-18-17-19-24-47/h17-19,23-24,29-32,43-46,50-52,54H,20-22,25-28,33-42,61H2,1-16H3,(H,62,65)(H,63,66). The van der Waals surface area contributed by atoms with E-state index in [0.717, 1.165) is 81.1 Å². The van der Waals surface area contributed by atoms with Crippen molar-refractivity contribution in [3.05, 3.63) is 65.7 Å². The summed E-state index contributed by atoms with van der Waals surface area (Å²) in [6.45, 7) is 38.0. The first-order chi connectivity index (χ1) is 31.5. The topological polar surface area (TPSA) is 120 Å². The van der Waals surface area contributed by atoms with Crippen molar-refractivity contribution >= 4 is 17.6 Å². The molecule has 0 saturated carbocycles. The van der Waals surface area contributed by atoms with Gasteiger partial charge in [-0.05, 0) is 146 Å². The largest absolute Gasteiger partial charge is 0.491 e. The Morgan fingerprint density at radius 3 is 1.53 bits per heavy atom. The average Bonchev–Trinajstić information content (AvgIpc) is 3.20. The molecule has 0 bridgehead atoms. The van der Waals surface area contributed by atoms with E-state index in [1.807, 2.05) is 54.6 Å². The van der Waals surface area contributed by atoms with Crippen LogP contribution >= 0.6 is 0 Å². The smallest absolute Gasteiger partial charge is 0.223 e. The zero-order chi connectivity index (χ0) is 51.3. The van der Waals surface area contributed by atoms with Crippen molar-refractivity contribution in [2.45, 2.75) is 206 Å². The van der Waals surface area contributed by atoms with Gasteiger partial charge in [-0.3, -0.25) is 14.4 Å². The van der Waals surface area contributed by atoms with Crippen LogP contribution in [0.3, 0.4) is 0 Å². The second-order valence-electron chi connectivity index (χ2n) is 25.9. The highest BCUT2D eigenvalue weighted by Gasteiger charge is 2.33. The molecule has 0 radical (unpaired) electrons. The molecule has 0 spiro atoms. The minimum atomic E-state index is -0.584. The number of rotatable bonds is 31. The van der Waals surface area contributed by atoms with Crippen molar-refractivity contribution in [1.29, 1.82) is 0 Å². The van der Waals surface area contributed by atoms with Crippen molar-refractivity contribution in [3.8, 4) is 5.75 Å². The van der Waals surface area contributed by atoms with Crippen molar-refractivity contribution in [2.75, 3.05) is 26.4 Å². The van der Waals surface area contributed by atoms with Gasteiger partial charge in [0.15, 0.2) is 5.78 Å². The lowest BCUT2D eigenvalue weighted by molar-refractivity contribution is -0.132. The number of hydrogen-bond donors (Lipinski definition) is 3. The number of nitrogens with one attached hydrogen (secondary N) is 2. The van der Waals surface area contributed by atoms with Gasteiger partial charge in [0, 0.05) is 31.4 Å². The first-order valence-corrected chi connectivity index (χ1v) is 26.8. The third kappa shape index (κ3) is 26.7. The van der Waals surface area contributed by atoms with E-state index >= 15 is 0 Å². The highest BCUT2D eigenvalue weighted by atomic mass is 16.5. The molecule has 0 saturated heterocycles. The molecule has 0 aromatic heterocycles. The summed E-state index contributed by atoms with van der Waals surface area (Å²) < 4.78 is 11.9. The van der Waals surface area contributed by atoms with E-state index in [1.165, 1.54) is 0 Å². The van der Waals surface area contributed by atoms with E-state index < -0.39 is 6.04 Å². The summed E-state index contributed by atoms with van der Waals surface area (Å²) >= 11 is 0. The number of ketones is 1. The molecule has 4 N–H and O–H groups in total. The minimum Gasteiger partial charge on any atom is -0.491 e. The van der Waals surface area contributed by atoms with Gasteiger partial charge >= 0.3 is 0 Å². The second kappa shape index (κ2) is 29.2. The lowest BCUT2D eigenvalue weighted by atomic mass is 9.75. The Labute approximate surface area is 417 Å². The number of unbranched alkanes of at least 4 members (excludes halogenated alkanes) is 1. The van der Waals surface area contributed by atoms with Gasteiger partial charge in [-0.2, -0.15) is 0 Å². The van der Waals surface area contributed by atoms with E-state index in [1.54, 1.807) is 0 Å². The van der Waals surface area contributed by atoms with Crippen LogP contribution in [-0.4, -0.2) is 50.0 Å². The van der Waals surface area contributed by atoms with Gasteiger partial charge in [0.25, 0.3) is 0 Å². The van der Waals surface area contributed by atoms with Crippen molar-refractivity contribution in [3.63, 3.8) is 0 Å². The van der Waals surface area contributed by atoms with Crippen LogP contribution < -0.4 is 21.1 Å². The Morgan fingerprint density at radius 2 is 1.03 bits per heavy atom. The first-order valence-electron chi connectivity index (χ1n) is 26.8. The molecule has 2 aromatic carbocycles. The van der Waals surface area contributed by atoms with Crippen LogP contribution in [0.25, 0.3) is 0 Å². The summed E-state index contributed by atoms with van der Waals surface area (Å²) in [5, 5.41) is 6.61. The van der Waals surface area contributed by atoms with Crippen molar-refractivity contribution in [2.24, 2.45) is 62.9 Å². The fourth-order valence-electron chi connectivity index (χ4n) is 10.7. The number of carbonyl (C=O) groups is 3.